The summed E-state index contributed by atoms with van der Waals surface area (Å²) in [5.41, 5.74) is 2.73. The van der Waals surface area contributed by atoms with Crippen molar-refractivity contribution in [3.63, 3.8) is 0 Å². The number of rotatable bonds is 8. The van der Waals surface area contributed by atoms with Crippen molar-refractivity contribution in [1.29, 1.82) is 0 Å². The number of aryl methyl sites for hydroxylation is 2. The first-order chi connectivity index (χ1) is 17.0. The van der Waals surface area contributed by atoms with E-state index in [-0.39, 0.29) is 11.9 Å². The largest absolute Gasteiger partial charge is 0.336 e. The molecule has 1 unspecified atom stereocenters. The topological polar surface area (TPSA) is 88.4 Å². The first kappa shape index (κ1) is 23.9. The van der Waals surface area contributed by atoms with Gasteiger partial charge < -0.3 is 9.47 Å². The molecule has 4 heterocycles. The molecule has 8 nitrogen and oxygen atoms in total. The van der Waals surface area contributed by atoms with Crippen molar-refractivity contribution in [2.75, 3.05) is 19.6 Å². The molecule has 2 aliphatic heterocycles. The smallest absolute Gasteiger partial charge is 0.243 e. The van der Waals surface area contributed by atoms with Crippen molar-refractivity contribution >= 4 is 27.0 Å². The maximum Gasteiger partial charge on any atom is 0.243 e. The number of pyridine rings is 1. The van der Waals surface area contributed by atoms with Crippen LogP contribution < -0.4 is 0 Å². The van der Waals surface area contributed by atoms with Crippen molar-refractivity contribution < 1.29 is 13.2 Å². The lowest BCUT2D eigenvalue weighted by molar-refractivity contribution is -0.132. The summed E-state index contributed by atoms with van der Waals surface area (Å²) in [6.07, 6.45) is 9.18. The number of hydrogen-bond donors (Lipinski definition) is 0. The molecule has 0 saturated carbocycles. The van der Waals surface area contributed by atoms with Gasteiger partial charge in [-0.15, -0.1) is 0 Å². The zero-order valence-electron chi connectivity index (χ0n) is 20.3. The quantitative estimate of drug-likeness (QED) is 0.473. The third-order valence-electron chi connectivity index (χ3n) is 7.18. The summed E-state index contributed by atoms with van der Waals surface area (Å²) >= 11 is 0. The average molecular weight is 496 g/mol. The summed E-state index contributed by atoms with van der Waals surface area (Å²) in [6, 6.07) is 9.35. The van der Waals surface area contributed by atoms with E-state index in [0.29, 0.717) is 36.3 Å². The van der Waals surface area contributed by atoms with Crippen LogP contribution in [-0.4, -0.2) is 57.7 Å². The van der Waals surface area contributed by atoms with E-state index in [4.69, 9.17) is 4.98 Å². The third-order valence-corrected chi connectivity index (χ3v) is 9.07. The number of amides is 1. The molecule has 1 aromatic carbocycles. The van der Waals surface area contributed by atoms with Gasteiger partial charge in [0.25, 0.3) is 0 Å². The molecule has 0 N–H and O–H groups in total. The lowest BCUT2D eigenvalue weighted by atomic mass is 10.1. The molecular formula is C26H33N5O3S. The highest BCUT2D eigenvalue weighted by Gasteiger charge is 2.30. The second kappa shape index (κ2) is 10.1. The SMILES string of the molecule is CCCn1c(CCC(=O)N2CCCC2c2ccncc2)nc2cc(S(=O)(=O)N3CCCC3)ccc21. The second-order valence-corrected chi connectivity index (χ2v) is 11.4. The zero-order valence-corrected chi connectivity index (χ0v) is 21.1. The Morgan fingerprint density at radius 1 is 1.06 bits per heavy atom. The zero-order chi connectivity index (χ0) is 24.4. The van der Waals surface area contributed by atoms with E-state index in [1.807, 2.05) is 23.1 Å². The molecule has 0 spiro atoms. The summed E-state index contributed by atoms with van der Waals surface area (Å²) in [7, 11) is -3.50. The van der Waals surface area contributed by atoms with Crippen LogP contribution in [0, 0.1) is 0 Å². The molecule has 35 heavy (non-hydrogen) atoms. The molecule has 2 fully saturated rings. The van der Waals surface area contributed by atoms with Gasteiger partial charge in [-0.05, 0) is 68.0 Å². The predicted molar refractivity (Wildman–Crippen MR) is 134 cm³/mol. The number of hydrogen-bond acceptors (Lipinski definition) is 5. The molecule has 186 valence electrons. The maximum atomic E-state index is 13.2. The predicted octanol–water partition coefficient (Wildman–Crippen LogP) is 3.92. The van der Waals surface area contributed by atoms with E-state index in [1.54, 1.807) is 28.8 Å². The number of benzene rings is 1. The molecule has 2 saturated heterocycles. The van der Waals surface area contributed by atoms with Gasteiger partial charge in [0.1, 0.15) is 5.82 Å². The van der Waals surface area contributed by atoms with Crippen LogP contribution in [0.1, 0.15) is 62.9 Å². The van der Waals surface area contributed by atoms with Gasteiger partial charge in [0.15, 0.2) is 0 Å². The summed E-state index contributed by atoms with van der Waals surface area (Å²) in [5.74, 6) is 0.974. The van der Waals surface area contributed by atoms with E-state index in [2.05, 4.69) is 16.5 Å². The monoisotopic (exact) mass is 495 g/mol. The van der Waals surface area contributed by atoms with Gasteiger partial charge in [-0.1, -0.05) is 6.92 Å². The Morgan fingerprint density at radius 2 is 1.83 bits per heavy atom. The third kappa shape index (κ3) is 4.71. The number of imidazole rings is 1. The maximum absolute atomic E-state index is 13.2. The normalized spacial score (nSPS) is 19.1. The fourth-order valence-corrected chi connectivity index (χ4v) is 6.96. The lowest BCUT2D eigenvalue weighted by Gasteiger charge is -2.25. The standard InChI is InChI=1S/C26H33N5O3S/c1-2-15-30-24-8-7-21(35(33,34)29-16-3-4-17-29)19-22(24)28-25(30)9-10-26(32)31-18-5-6-23(31)20-11-13-27-14-12-20/h7-8,11-14,19,23H,2-6,9-10,15-18H2,1H3. The Hall–Kier alpha value is -2.78. The summed E-state index contributed by atoms with van der Waals surface area (Å²) in [6.45, 7) is 4.82. The molecule has 3 aromatic rings. The minimum absolute atomic E-state index is 0.110. The van der Waals surface area contributed by atoms with E-state index < -0.39 is 10.0 Å². The molecule has 9 heteroatoms. The number of sulfonamides is 1. The molecule has 5 rings (SSSR count). The van der Waals surface area contributed by atoms with Crippen LogP contribution in [0.2, 0.25) is 0 Å². The van der Waals surface area contributed by atoms with Crippen LogP contribution in [0.5, 0.6) is 0 Å². The highest BCUT2D eigenvalue weighted by atomic mass is 32.2. The Morgan fingerprint density at radius 3 is 2.57 bits per heavy atom. The van der Waals surface area contributed by atoms with Crippen LogP contribution in [0.3, 0.4) is 0 Å². The minimum atomic E-state index is -3.50. The number of carbonyl (C=O) groups excluding carboxylic acids is 1. The van der Waals surface area contributed by atoms with Crippen LogP contribution in [0.15, 0.2) is 47.6 Å². The van der Waals surface area contributed by atoms with Gasteiger partial charge >= 0.3 is 0 Å². The highest BCUT2D eigenvalue weighted by molar-refractivity contribution is 7.89. The minimum Gasteiger partial charge on any atom is -0.336 e. The fourth-order valence-electron chi connectivity index (χ4n) is 5.42. The fraction of sp³-hybridized carbons (Fsp3) is 0.500. The Balaban J connectivity index is 1.36. The Kier molecular flexibility index (Phi) is 6.88. The number of aromatic nitrogens is 3. The van der Waals surface area contributed by atoms with Crippen molar-refractivity contribution in [3.8, 4) is 0 Å². The van der Waals surface area contributed by atoms with Gasteiger partial charge in [-0.3, -0.25) is 9.78 Å². The first-order valence-electron chi connectivity index (χ1n) is 12.7. The molecular weight excluding hydrogens is 462 g/mol. The molecule has 1 amide bonds. The van der Waals surface area contributed by atoms with E-state index in [0.717, 1.165) is 62.1 Å². The van der Waals surface area contributed by atoms with Gasteiger partial charge in [0.2, 0.25) is 15.9 Å². The van der Waals surface area contributed by atoms with Crippen LogP contribution in [0.25, 0.3) is 11.0 Å². The van der Waals surface area contributed by atoms with Crippen LogP contribution >= 0.6 is 0 Å². The average Bonchev–Trinajstić information content (AvgIpc) is 3.64. The van der Waals surface area contributed by atoms with Gasteiger partial charge in [-0.25, -0.2) is 13.4 Å². The summed E-state index contributed by atoms with van der Waals surface area (Å²) in [4.78, 5) is 24.4. The first-order valence-corrected chi connectivity index (χ1v) is 14.1. The second-order valence-electron chi connectivity index (χ2n) is 9.47. The molecule has 0 bridgehead atoms. The van der Waals surface area contributed by atoms with Gasteiger partial charge in [0.05, 0.1) is 22.0 Å². The molecule has 2 aromatic heterocycles. The molecule has 0 aliphatic carbocycles. The lowest BCUT2D eigenvalue weighted by Crippen LogP contribution is -2.31. The van der Waals surface area contributed by atoms with Crippen molar-refractivity contribution in [2.24, 2.45) is 0 Å². The Labute approximate surface area is 207 Å². The van der Waals surface area contributed by atoms with Gasteiger partial charge in [0, 0.05) is 51.4 Å². The molecule has 2 aliphatic rings. The van der Waals surface area contributed by atoms with E-state index in [1.165, 1.54) is 0 Å². The van der Waals surface area contributed by atoms with E-state index >= 15 is 0 Å². The molecule has 0 radical (unpaired) electrons. The van der Waals surface area contributed by atoms with Crippen LogP contribution in [-0.2, 0) is 27.8 Å². The van der Waals surface area contributed by atoms with Crippen molar-refractivity contribution in [1.82, 2.24) is 23.7 Å². The number of fused-ring (bicyclic) bond motifs is 1. The Bertz CT molecular complexity index is 1300. The van der Waals surface area contributed by atoms with Crippen molar-refractivity contribution in [3.05, 3.63) is 54.1 Å². The summed E-state index contributed by atoms with van der Waals surface area (Å²) < 4.78 is 29.8. The van der Waals surface area contributed by atoms with Crippen molar-refractivity contribution in [2.45, 2.75) is 69.4 Å². The number of carbonyl (C=O) groups is 1. The van der Waals surface area contributed by atoms with Gasteiger partial charge in [-0.2, -0.15) is 4.31 Å². The van der Waals surface area contributed by atoms with E-state index in [9.17, 15) is 13.2 Å². The number of nitrogens with zero attached hydrogens (tertiary/aromatic N) is 5. The van der Waals surface area contributed by atoms with Crippen LogP contribution in [0.4, 0.5) is 0 Å². The summed E-state index contributed by atoms with van der Waals surface area (Å²) in [5, 5.41) is 0. The highest BCUT2D eigenvalue weighted by Crippen LogP contribution is 2.32. The number of likely N-dealkylation sites (tertiary alicyclic amines) is 1. The molecule has 1 atom stereocenters.